The first-order valence-corrected chi connectivity index (χ1v) is 12.9. The predicted molar refractivity (Wildman–Crippen MR) is 138 cm³/mol. The maximum Gasteiger partial charge on any atom is 0.247 e. The van der Waals surface area contributed by atoms with Gasteiger partial charge in [-0.3, -0.25) is 4.90 Å². The normalized spacial score (nSPS) is 23.5. The first-order chi connectivity index (χ1) is 17.1. The van der Waals surface area contributed by atoms with Crippen molar-refractivity contribution in [1.82, 2.24) is 25.1 Å². The molecule has 3 aromatic rings. The summed E-state index contributed by atoms with van der Waals surface area (Å²) in [6, 6.07) is 11.9. The summed E-state index contributed by atoms with van der Waals surface area (Å²) in [7, 11) is 0. The molecule has 0 amide bonds. The average molecular weight is 473 g/mol. The Bertz CT molecular complexity index is 1100. The van der Waals surface area contributed by atoms with E-state index in [9.17, 15) is 0 Å². The highest BCUT2D eigenvalue weighted by atomic mass is 16.4. The van der Waals surface area contributed by atoms with Crippen LogP contribution in [0.4, 0.5) is 5.95 Å². The van der Waals surface area contributed by atoms with Gasteiger partial charge in [-0.2, -0.15) is 0 Å². The maximum atomic E-state index is 6.04. The highest BCUT2D eigenvalue weighted by molar-refractivity contribution is 5.51. The van der Waals surface area contributed by atoms with E-state index in [1.165, 1.54) is 12.0 Å². The highest BCUT2D eigenvalue weighted by Crippen LogP contribution is 2.39. The molecule has 1 aliphatic carbocycles. The standard InChI is InChI=1S/C28H36N6O/c1-20(2)25-17-23(18-26-31-32-27(35-26)22-8-5-4-6-9-22)21(3)16-24(25)19-33-12-14-34(15-13-33)28-29-10-7-11-30-28/h4-11,16,20,23-25H,12-15,17-19H2,1-3H3/t23-,24-,25-/m0/s1. The van der Waals surface area contributed by atoms with Crippen LogP contribution in [-0.4, -0.2) is 57.8 Å². The molecule has 3 atom stereocenters. The summed E-state index contributed by atoms with van der Waals surface area (Å²) < 4.78 is 6.04. The van der Waals surface area contributed by atoms with E-state index in [-0.39, 0.29) is 0 Å². The summed E-state index contributed by atoms with van der Waals surface area (Å²) >= 11 is 0. The number of allylic oxidation sites excluding steroid dienone is 1. The zero-order chi connectivity index (χ0) is 24.2. The first kappa shape index (κ1) is 23.7. The lowest BCUT2D eigenvalue weighted by molar-refractivity contribution is 0.154. The molecule has 0 spiro atoms. The maximum absolute atomic E-state index is 6.04. The molecule has 7 heteroatoms. The lowest BCUT2D eigenvalue weighted by Crippen LogP contribution is -2.49. The number of aromatic nitrogens is 4. The molecule has 7 nitrogen and oxygen atoms in total. The van der Waals surface area contributed by atoms with Crippen molar-refractivity contribution in [3.05, 3.63) is 66.3 Å². The largest absolute Gasteiger partial charge is 0.421 e. The van der Waals surface area contributed by atoms with E-state index in [0.717, 1.165) is 56.5 Å². The Kier molecular flexibility index (Phi) is 7.23. The van der Waals surface area contributed by atoms with Gasteiger partial charge < -0.3 is 9.32 Å². The summed E-state index contributed by atoms with van der Waals surface area (Å²) in [5, 5.41) is 8.66. The Hall–Kier alpha value is -3.06. The van der Waals surface area contributed by atoms with E-state index in [1.54, 1.807) is 0 Å². The van der Waals surface area contributed by atoms with Gasteiger partial charge in [0, 0.05) is 57.1 Å². The number of benzene rings is 1. The Balaban J connectivity index is 1.22. The summed E-state index contributed by atoms with van der Waals surface area (Å²) in [5.74, 6) is 4.50. The molecule has 0 radical (unpaired) electrons. The lowest BCUT2D eigenvalue weighted by atomic mass is 9.69. The molecule has 1 aliphatic heterocycles. The molecule has 2 aliphatic rings. The van der Waals surface area contributed by atoms with Gasteiger partial charge in [0.1, 0.15) is 0 Å². The molecule has 0 bridgehead atoms. The molecule has 35 heavy (non-hydrogen) atoms. The third-order valence-corrected chi connectivity index (χ3v) is 7.67. The molecule has 5 rings (SSSR count). The number of rotatable bonds is 7. The van der Waals surface area contributed by atoms with Crippen LogP contribution >= 0.6 is 0 Å². The highest BCUT2D eigenvalue weighted by Gasteiger charge is 2.34. The third kappa shape index (κ3) is 5.61. The van der Waals surface area contributed by atoms with Crippen LogP contribution in [0.2, 0.25) is 0 Å². The van der Waals surface area contributed by atoms with Gasteiger partial charge in [0.25, 0.3) is 0 Å². The SMILES string of the molecule is CC1=C[C@@H](CN2CCN(c3ncccn3)CC2)[C@H](C(C)C)C[C@H]1Cc1nnc(-c2ccccc2)o1. The summed E-state index contributed by atoms with van der Waals surface area (Å²) in [4.78, 5) is 13.8. The van der Waals surface area contributed by atoms with Crippen molar-refractivity contribution in [2.24, 2.45) is 23.7 Å². The minimum Gasteiger partial charge on any atom is -0.421 e. The number of anilines is 1. The van der Waals surface area contributed by atoms with Crippen LogP contribution in [0, 0.1) is 23.7 Å². The number of hydrogen-bond acceptors (Lipinski definition) is 7. The first-order valence-electron chi connectivity index (χ1n) is 12.9. The molecule has 0 saturated carbocycles. The second-order valence-corrected chi connectivity index (χ2v) is 10.3. The van der Waals surface area contributed by atoms with Gasteiger partial charge in [-0.1, -0.05) is 43.7 Å². The van der Waals surface area contributed by atoms with Crippen molar-refractivity contribution in [3.63, 3.8) is 0 Å². The Morgan fingerprint density at radius 1 is 0.971 bits per heavy atom. The Morgan fingerprint density at radius 2 is 1.71 bits per heavy atom. The molecule has 0 unspecified atom stereocenters. The van der Waals surface area contributed by atoms with Gasteiger partial charge in [-0.05, 0) is 55.2 Å². The van der Waals surface area contributed by atoms with Gasteiger partial charge in [-0.15, -0.1) is 10.2 Å². The fourth-order valence-corrected chi connectivity index (χ4v) is 5.61. The van der Waals surface area contributed by atoms with E-state index < -0.39 is 0 Å². The lowest BCUT2D eigenvalue weighted by Gasteiger charge is -2.41. The smallest absolute Gasteiger partial charge is 0.247 e. The van der Waals surface area contributed by atoms with Crippen LogP contribution < -0.4 is 4.90 Å². The minimum absolute atomic E-state index is 0.454. The van der Waals surface area contributed by atoms with Crippen molar-refractivity contribution in [3.8, 4) is 11.5 Å². The summed E-state index contributed by atoms with van der Waals surface area (Å²) in [6.45, 7) is 12.2. The van der Waals surface area contributed by atoms with Crippen LogP contribution in [-0.2, 0) is 6.42 Å². The predicted octanol–water partition coefficient (Wildman–Crippen LogP) is 4.75. The van der Waals surface area contributed by atoms with Crippen LogP contribution in [0.15, 0.2) is 64.9 Å². The fraction of sp³-hybridized carbons (Fsp3) is 0.500. The minimum atomic E-state index is 0.454. The van der Waals surface area contributed by atoms with Crippen molar-refractivity contribution < 1.29 is 4.42 Å². The molecular formula is C28H36N6O. The summed E-state index contributed by atoms with van der Waals surface area (Å²) in [6.07, 6.45) is 8.18. The Labute approximate surface area is 208 Å². The van der Waals surface area contributed by atoms with Gasteiger partial charge >= 0.3 is 0 Å². The molecule has 1 saturated heterocycles. The topological polar surface area (TPSA) is 71.2 Å². The van der Waals surface area contributed by atoms with Crippen LogP contribution in [0.3, 0.4) is 0 Å². The number of nitrogens with zero attached hydrogens (tertiary/aromatic N) is 6. The van der Waals surface area contributed by atoms with E-state index in [0.29, 0.717) is 29.6 Å². The molecule has 2 aromatic heterocycles. The molecule has 3 heterocycles. The van der Waals surface area contributed by atoms with E-state index >= 15 is 0 Å². The molecule has 1 fully saturated rings. The van der Waals surface area contributed by atoms with Crippen LogP contribution in [0.5, 0.6) is 0 Å². The number of piperazine rings is 1. The van der Waals surface area contributed by atoms with Gasteiger partial charge in [-0.25, -0.2) is 9.97 Å². The Morgan fingerprint density at radius 3 is 2.43 bits per heavy atom. The van der Waals surface area contributed by atoms with E-state index in [2.05, 4.69) is 56.8 Å². The van der Waals surface area contributed by atoms with Gasteiger partial charge in [0.05, 0.1) is 0 Å². The van der Waals surface area contributed by atoms with Gasteiger partial charge in [0.15, 0.2) is 0 Å². The van der Waals surface area contributed by atoms with Crippen molar-refractivity contribution >= 4 is 5.95 Å². The second kappa shape index (κ2) is 10.7. The van der Waals surface area contributed by atoms with Crippen molar-refractivity contribution in [2.45, 2.75) is 33.6 Å². The van der Waals surface area contributed by atoms with Crippen LogP contribution in [0.1, 0.15) is 33.1 Å². The quantitative estimate of drug-likeness (QED) is 0.460. The van der Waals surface area contributed by atoms with E-state index in [4.69, 9.17) is 4.42 Å². The average Bonchev–Trinajstić information content (AvgIpc) is 3.35. The van der Waals surface area contributed by atoms with Gasteiger partial charge in [0.2, 0.25) is 17.7 Å². The zero-order valence-corrected chi connectivity index (χ0v) is 21.0. The molecule has 184 valence electrons. The monoisotopic (exact) mass is 472 g/mol. The van der Waals surface area contributed by atoms with Crippen molar-refractivity contribution in [2.75, 3.05) is 37.6 Å². The van der Waals surface area contributed by atoms with Crippen LogP contribution in [0.25, 0.3) is 11.5 Å². The fourth-order valence-electron chi connectivity index (χ4n) is 5.61. The number of hydrogen-bond donors (Lipinski definition) is 0. The zero-order valence-electron chi connectivity index (χ0n) is 21.0. The molecule has 1 aromatic carbocycles. The third-order valence-electron chi connectivity index (χ3n) is 7.67. The molecular weight excluding hydrogens is 436 g/mol. The second-order valence-electron chi connectivity index (χ2n) is 10.3. The van der Waals surface area contributed by atoms with Crippen molar-refractivity contribution in [1.29, 1.82) is 0 Å². The molecule has 0 N–H and O–H groups in total. The van der Waals surface area contributed by atoms with E-state index in [1.807, 2.05) is 48.8 Å². The summed E-state index contributed by atoms with van der Waals surface area (Å²) in [5.41, 5.74) is 2.43.